The Balaban J connectivity index is -0.000000350. The molecule has 0 fully saturated rings. The van der Waals surface area contributed by atoms with Crippen LogP contribution in [-0.2, 0) is 97.3 Å². The number of ether oxygens (including phenoxy) is 5. The molecular formula is C55H118N2O27P4. The van der Waals surface area contributed by atoms with Crippen molar-refractivity contribution in [3.8, 4) is 0 Å². The minimum absolute atomic E-state index is 0. The molecule has 0 rings (SSSR count). The van der Waals surface area contributed by atoms with Gasteiger partial charge in [0.15, 0.2) is 20.4 Å². The Kier molecular flexibility index (Phi) is 61.6. The third-order valence-corrected chi connectivity index (χ3v) is 14.9. The van der Waals surface area contributed by atoms with Gasteiger partial charge in [-0.3, -0.25) is 55.4 Å². The Bertz CT molecular complexity index is 1890. The average molecular weight is 1360 g/mol. The number of ketones is 2. The van der Waals surface area contributed by atoms with E-state index in [9.17, 15) is 62.1 Å². The van der Waals surface area contributed by atoms with Gasteiger partial charge in [-0.25, -0.2) is 18.3 Å². The van der Waals surface area contributed by atoms with E-state index in [-0.39, 0.29) is 108 Å². The number of unbranched alkanes of at least 4 members (excludes halogenated alkanes) is 3. The topological polar surface area (TPSA) is 402 Å². The van der Waals surface area contributed by atoms with Gasteiger partial charge in [-0.15, -0.1) is 0 Å². The van der Waals surface area contributed by atoms with Gasteiger partial charge in [0, 0.05) is 62.4 Å². The summed E-state index contributed by atoms with van der Waals surface area (Å²) in [6.07, 6.45) is 5.68. The maximum Gasteiger partial charge on any atom is 0.474 e. The zero-order valence-electron chi connectivity index (χ0n) is 54.8. The van der Waals surface area contributed by atoms with Crippen LogP contribution >= 0.6 is 31.3 Å². The van der Waals surface area contributed by atoms with E-state index < -0.39 is 75.9 Å². The summed E-state index contributed by atoms with van der Waals surface area (Å²) in [4.78, 5) is 83.0. The lowest BCUT2D eigenvalue weighted by molar-refractivity contribution is -0.123. The smallest absolute Gasteiger partial charge is 0.396 e. The lowest BCUT2D eigenvalue weighted by Crippen LogP contribution is -2.24. The molecule has 0 spiro atoms. The van der Waals surface area contributed by atoms with E-state index >= 15 is 0 Å². The average Bonchev–Trinajstić information content (AvgIpc) is 3.38. The van der Waals surface area contributed by atoms with Crippen molar-refractivity contribution in [1.82, 2.24) is 10.6 Å². The van der Waals surface area contributed by atoms with Crippen LogP contribution in [-0.4, -0.2) is 170 Å². The van der Waals surface area contributed by atoms with Crippen LogP contribution in [0.5, 0.6) is 0 Å². The normalized spacial score (nSPS) is 15.0. The highest BCUT2D eigenvalue weighted by atomic mass is 31.2. The highest BCUT2D eigenvalue weighted by Crippen LogP contribution is 2.46. The number of Topliss-reactive ketones (excluding diaryl/α,β-unsaturated/α-hetero) is 2. The molecular weight excluding hydrogens is 1240 g/mol. The monoisotopic (exact) mass is 1360 g/mol. The van der Waals surface area contributed by atoms with Crippen molar-refractivity contribution in [1.29, 1.82) is 0 Å². The molecule has 0 aromatic carbocycles. The van der Waals surface area contributed by atoms with E-state index in [0.717, 1.165) is 32.2 Å². The second-order valence-corrected chi connectivity index (χ2v) is 27.8. The van der Waals surface area contributed by atoms with Crippen molar-refractivity contribution >= 4 is 54.7 Å². The number of aliphatic hydroxyl groups is 2. The van der Waals surface area contributed by atoms with E-state index in [1.807, 2.05) is 41.5 Å². The summed E-state index contributed by atoms with van der Waals surface area (Å²) in [7, 11) is -16.4. The number of aliphatic hydroxyl groups excluding tert-OH is 2. The molecule has 0 radical (unpaired) electrons. The number of nitrogens with one attached hydrogen (secondary N) is 2. The predicted molar refractivity (Wildman–Crippen MR) is 332 cm³/mol. The summed E-state index contributed by atoms with van der Waals surface area (Å²) in [5.74, 6) is 0.638. The zero-order valence-corrected chi connectivity index (χ0v) is 58.4. The van der Waals surface area contributed by atoms with Crippen LogP contribution < -0.4 is 10.6 Å². The van der Waals surface area contributed by atoms with Crippen molar-refractivity contribution in [2.24, 2.45) is 29.6 Å². The van der Waals surface area contributed by atoms with Gasteiger partial charge in [-0.2, -0.15) is 0 Å². The molecule has 0 aliphatic heterocycles. The van der Waals surface area contributed by atoms with Crippen molar-refractivity contribution < 1.29 is 127 Å². The van der Waals surface area contributed by atoms with Crippen molar-refractivity contribution in [3.05, 3.63) is 0 Å². The Morgan fingerprint density at radius 2 is 0.705 bits per heavy atom. The molecule has 0 bridgehead atoms. The highest BCUT2D eigenvalue weighted by molar-refractivity contribution is 7.48. The van der Waals surface area contributed by atoms with Gasteiger partial charge in [0.05, 0.1) is 76.8 Å². The predicted octanol–water partition coefficient (Wildman–Crippen LogP) is 9.92. The molecule has 8 N–H and O–H groups in total. The molecule has 33 heteroatoms. The second-order valence-electron chi connectivity index (χ2n) is 22.2. The quantitative estimate of drug-likeness (QED) is 0.0159. The van der Waals surface area contributed by atoms with Gasteiger partial charge in [-0.1, -0.05) is 49.0 Å². The first-order valence-electron chi connectivity index (χ1n) is 29.7. The van der Waals surface area contributed by atoms with Crippen LogP contribution in [0.1, 0.15) is 189 Å². The summed E-state index contributed by atoms with van der Waals surface area (Å²) < 4.78 is 108. The van der Waals surface area contributed by atoms with E-state index in [1.165, 1.54) is 0 Å². The molecule has 0 heterocycles. The molecule has 5 atom stereocenters. The van der Waals surface area contributed by atoms with Crippen molar-refractivity contribution in [2.75, 3.05) is 86.5 Å². The van der Waals surface area contributed by atoms with Crippen LogP contribution in [0.3, 0.4) is 0 Å². The fourth-order valence-corrected chi connectivity index (χ4v) is 9.27. The summed E-state index contributed by atoms with van der Waals surface area (Å²) in [5, 5.41) is 24.0. The molecule has 2 amide bonds. The first-order valence-corrected chi connectivity index (χ1v) is 35.6. The number of hydrogen-bond donors (Lipinski definition) is 8. The Morgan fingerprint density at radius 3 is 1.00 bits per heavy atom. The van der Waals surface area contributed by atoms with E-state index in [1.54, 1.807) is 55.4 Å². The molecule has 0 aromatic heterocycles. The first kappa shape index (κ1) is 95.1. The number of phosphoric acid groups is 4. The second kappa shape index (κ2) is 56.9. The molecule has 0 saturated carbocycles. The number of rotatable bonds is 51. The summed E-state index contributed by atoms with van der Waals surface area (Å²) >= 11 is 0. The van der Waals surface area contributed by atoms with E-state index in [4.69, 9.17) is 42.4 Å². The minimum Gasteiger partial charge on any atom is -0.396 e. The SMILES string of the molecule is C.CC(C)CCNC(=O)CCCCC(=O)C(C)C.CC(C)OCOCC(CO)COCOP(=O)(O)OC(C)C.CC(C)OP(=O)(O)OCCCCNC(=O)CCCCC(=O)C(C)C.CC(C)OP(=O)(O)OCOCC(CO)COCOP(=O)(O)OC(C)C. The number of carbonyl (C=O) groups is 4. The van der Waals surface area contributed by atoms with Crippen LogP contribution in [0, 0.1) is 29.6 Å². The maximum absolute atomic E-state index is 11.6. The Labute approximate surface area is 526 Å². The molecule has 88 heavy (non-hydrogen) atoms. The fourth-order valence-electron chi connectivity index (χ4n) is 5.91. The van der Waals surface area contributed by atoms with E-state index in [2.05, 4.69) is 47.1 Å². The van der Waals surface area contributed by atoms with E-state index in [0.29, 0.717) is 63.2 Å². The number of amides is 2. The molecule has 530 valence electrons. The third kappa shape index (κ3) is 70.3. The van der Waals surface area contributed by atoms with Gasteiger partial charge in [0.2, 0.25) is 11.8 Å². The van der Waals surface area contributed by atoms with Gasteiger partial charge in [0.1, 0.15) is 18.4 Å². The number of hydrogen-bond acceptors (Lipinski definition) is 23. The van der Waals surface area contributed by atoms with Crippen molar-refractivity contribution in [2.45, 2.75) is 219 Å². The largest absolute Gasteiger partial charge is 0.474 e. The third-order valence-electron chi connectivity index (χ3n) is 10.3. The minimum atomic E-state index is -4.19. The highest BCUT2D eigenvalue weighted by Gasteiger charge is 2.26. The zero-order chi connectivity index (χ0) is 67.7. The van der Waals surface area contributed by atoms with Crippen LogP contribution in [0.2, 0.25) is 0 Å². The molecule has 0 aromatic rings. The molecule has 29 nitrogen and oxygen atoms in total. The van der Waals surface area contributed by atoms with Gasteiger partial charge < -0.3 is 64.1 Å². The molecule has 0 aliphatic carbocycles. The van der Waals surface area contributed by atoms with Crippen molar-refractivity contribution in [3.63, 3.8) is 0 Å². The lowest BCUT2D eigenvalue weighted by atomic mass is 10.0. The maximum atomic E-state index is 11.6. The fraction of sp³-hybridized carbons (Fsp3) is 0.927. The first-order chi connectivity index (χ1) is 40.3. The van der Waals surface area contributed by atoms with Gasteiger partial charge >= 0.3 is 31.3 Å². The summed E-state index contributed by atoms with van der Waals surface area (Å²) in [6, 6.07) is 0. The lowest BCUT2D eigenvalue weighted by Gasteiger charge is -2.18. The Hall–Kier alpha value is -1.56. The summed E-state index contributed by atoms with van der Waals surface area (Å²) in [6.45, 7) is 28.4. The van der Waals surface area contributed by atoms with Gasteiger partial charge in [0.25, 0.3) is 0 Å². The Morgan fingerprint density at radius 1 is 0.398 bits per heavy atom. The molecule has 5 unspecified atom stereocenters. The standard InChI is InChI=1S/C16H32NO6P.C14H27NO2.C12H28O11P2.C12H27O8P.CH4/c1-13(2)15(18)9-5-6-10-16(19)17-11-7-8-12-22-24(20,21)23-14(3)4;1-11(2)9-10-15-14(17)8-6-5-7-13(16)12(3)4;1-10(2)22-24(14,15)20-8-18-6-12(5-13)7-19-9-21-25(16,17)23-11(3)4;1-10(2)18-8-16-6-12(5-13)7-17-9-19-21(14,15)20-11(3)4;/h13-14H,5-12H2,1-4H3,(H,17,19)(H,20,21);11-12H,5-10H2,1-4H3,(H,15,17);10-13H,5-9H2,1-4H3,(H,14,15)(H,16,17);10-13H,5-9H2,1-4H3,(H,14,15);1H4. The summed E-state index contributed by atoms with van der Waals surface area (Å²) in [5.41, 5.74) is 0. The van der Waals surface area contributed by atoms with Crippen LogP contribution in [0.25, 0.3) is 0 Å². The number of carbonyl (C=O) groups excluding carboxylic acids is 4. The molecule has 0 aliphatic rings. The molecule has 0 saturated heterocycles. The van der Waals surface area contributed by atoms with Gasteiger partial charge in [-0.05, 0) is 120 Å². The van der Waals surface area contributed by atoms with Crippen LogP contribution in [0.15, 0.2) is 0 Å². The van der Waals surface area contributed by atoms with Crippen LogP contribution in [0.4, 0.5) is 0 Å². The number of phosphoric ester groups is 4.